The summed E-state index contributed by atoms with van der Waals surface area (Å²) in [7, 11) is 0. The molecular formula is C15H17ClN2O. The molecule has 0 spiro atoms. The summed E-state index contributed by atoms with van der Waals surface area (Å²) in [6.45, 7) is 4.20. The molecule has 0 atom stereocenters. The third-order valence-corrected chi connectivity index (χ3v) is 3.07. The van der Waals surface area contributed by atoms with Crippen LogP contribution in [0.25, 0.3) is 0 Å². The lowest BCUT2D eigenvalue weighted by Gasteiger charge is -2.09. The summed E-state index contributed by atoms with van der Waals surface area (Å²) in [6.07, 6.45) is 1.76. The molecule has 0 aliphatic rings. The monoisotopic (exact) mass is 276 g/mol. The number of halogens is 1. The van der Waals surface area contributed by atoms with Crippen LogP contribution in [0.4, 0.5) is 0 Å². The lowest BCUT2D eigenvalue weighted by Crippen LogP contribution is -2.12. The quantitative estimate of drug-likeness (QED) is 0.878. The molecule has 4 heteroatoms. The van der Waals surface area contributed by atoms with E-state index in [2.05, 4.69) is 17.2 Å². The zero-order valence-electron chi connectivity index (χ0n) is 10.9. The van der Waals surface area contributed by atoms with Crippen molar-refractivity contribution in [2.45, 2.75) is 20.1 Å². The molecular weight excluding hydrogens is 260 g/mol. The van der Waals surface area contributed by atoms with Crippen molar-refractivity contribution < 1.29 is 4.74 Å². The third-order valence-electron chi connectivity index (χ3n) is 2.70. The Hall–Kier alpha value is -1.58. The van der Waals surface area contributed by atoms with Gasteiger partial charge in [0.25, 0.3) is 0 Å². The highest BCUT2D eigenvalue weighted by Crippen LogP contribution is 2.18. The molecule has 0 amide bonds. The maximum atomic E-state index is 6.09. The van der Waals surface area contributed by atoms with Crippen LogP contribution < -0.4 is 10.1 Å². The largest absolute Gasteiger partial charge is 0.489 e. The molecule has 0 saturated carbocycles. The molecule has 0 unspecified atom stereocenters. The van der Waals surface area contributed by atoms with E-state index < -0.39 is 0 Å². The fraction of sp³-hybridized carbons (Fsp3) is 0.267. The van der Waals surface area contributed by atoms with E-state index in [0.717, 1.165) is 35.1 Å². The second-order valence-electron chi connectivity index (χ2n) is 4.14. The Morgan fingerprint density at radius 2 is 2.11 bits per heavy atom. The maximum absolute atomic E-state index is 6.09. The molecule has 1 heterocycles. The number of benzene rings is 1. The van der Waals surface area contributed by atoms with E-state index in [1.807, 2.05) is 36.4 Å². The molecule has 2 aromatic rings. The van der Waals surface area contributed by atoms with Crippen molar-refractivity contribution in [2.24, 2.45) is 0 Å². The minimum Gasteiger partial charge on any atom is -0.489 e. The van der Waals surface area contributed by atoms with Crippen LogP contribution in [0, 0.1) is 0 Å². The number of ether oxygens (including phenoxy) is 1. The second-order valence-corrected chi connectivity index (χ2v) is 4.55. The lowest BCUT2D eigenvalue weighted by atomic mass is 10.2. The van der Waals surface area contributed by atoms with Gasteiger partial charge in [0.2, 0.25) is 0 Å². The summed E-state index contributed by atoms with van der Waals surface area (Å²) in [5, 5.41) is 3.96. The summed E-state index contributed by atoms with van der Waals surface area (Å²) in [6, 6.07) is 11.5. The Balaban J connectivity index is 1.98. The average molecular weight is 277 g/mol. The molecule has 2 rings (SSSR count). The Kier molecular flexibility index (Phi) is 5.19. The van der Waals surface area contributed by atoms with Crippen molar-refractivity contribution in [3.05, 3.63) is 58.9 Å². The average Bonchev–Trinajstić information content (AvgIpc) is 2.45. The summed E-state index contributed by atoms with van der Waals surface area (Å²) < 4.78 is 5.74. The fourth-order valence-corrected chi connectivity index (χ4v) is 1.86. The van der Waals surface area contributed by atoms with Crippen molar-refractivity contribution in [1.82, 2.24) is 10.3 Å². The lowest BCUT2D eigenvalue weighted by molar-refractivity contribution is 0.305. The van der Waals surface area contributed by atoms with Crippen LogP contribution in [0.2, 0.25) is 5.02 Å². The highest BCUT2D eigenvalue weighted by molar-refractivity contribution is 6.31. The smallest absolute Gasteiger partial charge is 0.123 e. The number of hydrogen-bond acceptors (Lipinski definition) is 3. The first-order chi connectivity index (χ1) is 9.29. The van der Waals surface area contributed by atoms with Gasteiger partial charge in [-0.25, -0.2) is 0 Å². The van der Waals surface area contributed by atoms with Gasteiger partial charge in [0.15, 0.2) is 0 Å². The molecule has 0 aliphatic heterocycles. The number of rotatable bonds is 6. The van der Waals surface area contributed by atoms with Crippen LogP contribution in [0.3, 0.4) is 0 Å². The maximum Gasteiger partial charge on any atom is 0.123 e. The number of pyridine rings is 1. The minimum absolute atomic E-state index is 0.463. The Morgan fingerprint density at radius 3 is 2.89 bits per heavy atom. The summed E-state index contributed by atoms with van der Waals surface area (Å²) in [4.78, 5) is 4.28. The number of aromatic nitrogens is 1. The molecule has 0 saturated heterocycles. The molecule has 0 radical (unpaired) electrons. The SMILES string of the molecule is CCNCc1cc(OCc2ccccc2Cl)ccn1. The predicted molar refractivity (Wildman–Crippen MR) is 77.4 cm³/mol. The van der Waals surface area contributed by atoms with E-state index >= 15 is 0 Å². The van der Waals surface area contributed by atoms with Crippen molar-refractivity contribution in [3.8, 4) is 5.75 Å². The second kappa shape index (κ2) is 7.12. The summed E-state index contributed by atoms with van der Waals surface area (Å²) >= 11 is 6.09. The van der Waals surface area contributed by atoms with Crippen LogP contribution in [0.15, 0.2) is 42.6 Å². The van der Waals surface area contributed by atoms with Crippen molar-refractivity contribution in [3.63, 3.8) is 0 Å². The number of nitrogens with one attached hydrogen (secondary N) is 1. The van der Waals surface area contributed by atoms with Gasteiger partial charge in [-0.1, -0.05) is 36.7 Å². The van der Waals surface area contributed by atoms with Crippen LogP contribution in [-0.4, -0.2) is 11.5 Å². The topological polar surface area (TPSA) is 34.1 Å². The van der Waals surface area contributed by atoms with E-state index in [0.29, 0.717) is 6.61 Å². The highest BCUT2D eigenvalue weighted by Gasteiger charge is 2.01. The van der Waals surface area contributed by atoms with Crippen molar-refractivity contribution in [2.75, 3.05) is 6.54 Å². The molecule has 0 fully saturated rings. The van der Waals surface area contributed by atoms with Gasteiger partial charge in [-0.3, -0.25) is 4.98 Å². The molecule has 3 nitrogen and oxygen atoms in total. The van der Waals surface area contributed by atoms with E-state index in [1.165, 1.54) is 0 Å². The standard InChI is InChI=1S/C15H17ClN2O/c1-2-17-10-13-9-14(7-8-18-13)19-11-12-5-3-4-6-15(12)16/h3-9,17H,2,10-11H2,1H3. The van der Waals surface area contributed by atoms with Crippen LogP contribution in [-0.2, 0) is 13.2 Å². The first-order valence-electron chi connectivity index (χ1n) is 6.31. The third kappa shape index (κ3) is 4.23. The van der Waals surface area contributed by atoms with Crippen LogP contribution in [0.5, 0.6) is 5.75 Å². The van der Waals surface area contributed by atoms with Gasteiger partial charge in [0, 0.05) is 29.4 Å². The van der Waals surface area contributed by atoms with E-state index in [-0.39, 0.29) is 0 Å². The molecule has 1 aromatic carbocycles. The van der Waals surface area contributed by atoms with Gasteiger partial charge in [0.05, 0.1) is 5.69 Å². The van der Waals surface area contributed by atoms with Crippen LogP contribution >= 0.6 is 11.6 Å². The van der Waals surface area contributed by atoms with Gasteiger partial charge < -0.3 is 10.1 Å². The predicted octanol–water partition coefficient (Wildman–Crippen LogP) is 3.42. The fourth-order valence-electron chi connectivity index (χ4n) is 1.67. The minimum atomic E-state index is 0.463. The van der Waals surface area contributed by atoms with E-state index in [4.69, 9.17) is 16.3 Å². The molecule has 100 valence electrons. The Labute approximate surface area is 118 Å². The normalized spacial score (nSPS) is 10.4. The molecule has 1 aromatic heterocycles. The molecule has 1 N–H and O–H groups in total. The zero-order chi connectivity index (χ0) is 13.5. The van der Waals surface area contributed by atoms with Gasteiger partial charge in [-0.2, -0.15) is 0 Å². The van der Waals surface area contributed by atoms with E-state index in [9.17, 15) is 0 Å². The highest BCUT2D eigenvalue weighted by atomic mass is 35.5. The first-order valence-corrected chi connectivity index (χ1v) is 6.69. The van der Waals surface area contributed by atoms with Gasteiger partial charge in [-0.15, -0.1) is 0 Å². The molecule has 0 bridgehead atoms. The van der Waals surface area contributed by atoms with Gasteiger partial charge in [-0.05, 0) is 18.7 Å². The summed E-state index contributed by atoms with van der Waals surface area (Å²) in [5.74, 6) is 0.808. The Bertz CT molecular complexity index is 531. The Morgan fingerprint density at radius 1 is 1.26 bits per heavy atom. The van der Waals surface area contributed by atoms with Crippen LogP contribution in [0.1, 0.15) is 18.2 Å². The van der Waals surface area contributed by atoms with Gasteiger partial charge in [0.1, 0.15) is 12.4 Å². The van der Waals surface area contributed by atoms with Crippen molar-refractivity contribution >= 4 is 11.6 Å². The molecule has 19 heavy (non-hydrogen) atoms. The zero-order valence-corrected chi connectivity index (χ0v) is 11.7. The number of nitrogens with zero attached hydrogens (tertiary/aromatic N) is 1. The first kappa shape index (κ1) is 13.8. The summed E-state index contributed by atoms with van der Waals surface area (Å²) in [5.41, 5.74) is 1.95. The van der Waals surface area contributed by atoms with E-state index in [1.54, 1.807) is 6.20 Å². The van der Waals surface area contributed by atoms with Gasteiger partial charge >= 0.3 is 0 Å². The molecule has 0 aliphatic carbocycles. The van der Waals surface area contributed by atoms with Crippen molar-refractivity contribution in [1.29, 1.82) is 0 Å². The number of hydrogen-bond donors (Lipinski definition) is 1.